The van der Waals surface area contributed by atoms with E-state index in [1.807, 2.05) is 0 Å². The number of hydrogen-bond acceptors (Lipinski definition) is 1. The number of furan rings is 1. The first-order chi connectivity index (χ1) is 26.3. The highest BCUT2D eigenvalue weighted by molar-refractivity contribution is 6.28. The summed E-state index contributed by atoms with van der Waals surface area (Å²) in [6, 6.07) is 70.4. The molecule has 0 amide bonds. The van der Waals surface area contributed by atoms with Gasteiger partial charge in [0, 0.05) is 21.9 Å². The summed E-state index contributed by atoms with van der Waals surface area (Å²) in [4.78, 5) is 0. The van der Waals surface area contributed by atoms with E-state index in [1.54, 1.807) is 0 Å². The highest BCUT2D eigenvalue weighted by Crippen LogP contribution is 2.50. The molecule has 0 bridgehead atoms. The lowest BCUT2D eigenvalue weighted by Crippen LogP contribution is -1.93. The summed E-state index contributed by atoms with van der Waals surface area (Å²) in [7, 11) is 0. The summed E-state index contributed by atoms with van der Waals surface area (Å²) in [6.45, 7) is 0. The zero-order chi connectivity index (χ0) is 34.9. The van der Waals surface area contributed by atoms with Crippen molar-refractivity contribution in [3.8, 4) is 44.5 Å². The molecule has 0 saturated carbocycles. The van der Waals surface area contributed by atoms with Crippen LogP contribution >= 0.6 is 0 Å². The molecule has 0 radical (unpaired) electrons. The minimum absolute atomic E-state index is 0.903. The molecule has 11 aromatic rings. The van der Waals surface area contributed by atoms with Crippen LogP contribution in [0, 0.1) is 0 Å². The van der Waals surface area contributed by atoms with Crippen molar-refractivity contribution in [2.75, 3.05) is 0 Å². The average Bonchev–Trinajstić information content (AvgIpc) is 3.62. The van der Waals surface area contributed by atoms with Gasteiger partial charge in [0.1, 0.15) is 11.2 Å². The molecular weight excluding hydrogens is 641 g/mol. The van der Waals surface area contributed by atoms with Crippen LogP contribution in [0.3, 0.4) is 0 Å². The molecule has 1 heterocycles. The van der Waals surface area contributed by atoms with Crippen molar-refractivity contribution < 1.29 is 4.42 Å². The topological polar surface area (TPSA) is 13.1 Å². The molecule has 0 spiro atoms. The molecule has 0 saturated heterocycles. The van der Waals surface area contributed by atoms with Gasteiger partial charge in [0.15, 0.2) is 0 Å². The van der Waals surface area contributed by atoms with Crippen LogP contribution in [0.15, 0.2) is 199 Å². The molecule has 53 heavy (non-hydrogen) atoms. The van der Waals surface area contributed by atoms with Gasteiger partial charge >= 0.3 is 0 Å². The number of para-hydroxylation sites is 1. The molecular formula is C52H32O. The van der Waals surface area contributed by atoms with Gasteiger partial charge < -0.3 is 4.42 Å². The van der Waals surface area contributed by atoms with Gasteiger partial charge in [0.25, 0.3) is 0 Å². The highest BCUT2D eigenvalue weighted by Gasteiger charge is 2.23. The summed E-state index contributed by atoms with van der Waals surface area (Å²) in [6.07, 6.45) is 0. The Bertz CT molecular complexity index is 3160. The second-order valence-electron chi connectivity index (χ2n) is 13.9. The molecule has 0 unspecified atom stereocenters. The third kappa shape index (κ3) is 4.51. The lowest BCUT2D eigenvalue weighted by molar-refractivity contribution is 0.670. The largest absolute Gasteiger partial charge is 0.455 e. The second-order valence-corrected chi connectivity index (χ2v) is 13.9. The maximum Gasteiger partial charge on any atom is 0.144 e. The van der Waals surface area contributed by atoms with E-state index in [0.717, 1.165) is 38.6 Å². The first-order valence-electron chi connectivity index (χ1n) is 18.3. The molecule has 0 fully saturated rings. The smallest absolute Gasteiger partial charge is 0.144 e. The Kier molecular flexibility index (Phi) is 6.62. The molecule has 11 rings (SSSR count). The Morgan fingerprint density at radius 3 is 1.45 bits per heavy atom. The van der Waals surface area contributed by atoms with Crippen LogP contribution in [0.4, 0.5) is 0 Å². The first kappa shape index (κ1) is 29.7. The van der Waals surface area contributed by atoms with Gasteiger partial charge in [-0.05, 0) is 88.6 Å². The van der Waals surface area contributed by atoms with Crippen LogP contribution in [-0.2, 0) is 0 Å². The predicted molar refractivity (Wildman–Crippen MR) is 225 cm³/mol. The first-order valence-corrected chi connectivity index (χ1v) is 18.3. The highest BCUT2D eigenvalue weighted by atomic mass is 16.3. The quantitative estimate of drug-likeness (QED) is 0.170. The summed E-state index contributed by atoms with van der Waals surface area (Å²) in [5, 5.41) is 12.2. The van der Waals surface area contributed by atoms with Gasteiger partial charge in [0.2, 0.25) is 0 Å². The Morgan fingerprint density at radius 1 is 0.283 bits per heavy atom. The maximum atomic E-state index is 6.82. The Hall–Kier alpha value is -6.96. The predicted octanol–water partition coefficient (Wildman–Crippen LogP) is 14.9. The zero-order valence-electron chi connectivity index (χ0n) is 28.9. The van der Waals surface area contributed by atoms with E-state index in [9.17, 15) is 0 Å². The third-order valence-electron chi connectivity index (χ3n) is 11.0. The average molecular weight is 673 g/mol. The fourth-order valence-electron chi connectivity index (χ4n) is 8.84. The van der Waals surface area contributed by atoms with Crippen molar-refractivity contribution in [1.82, 2.24) is 0 Å². The van der Waals surface area contributed by atoms with Crippen LogP contribution in [0.5, 0.6) is 0 Å². The van der Waals surface area contributed by atoms with Gasteiger partial charge in [-0.1, -0.05) is 182 Å². The van der Waals surface area contributed by atoms with Crippen molar-refractivity contribution in [2.45, 2.75) is 0 Å². The molecule has 10 aromatic carbocycles. The number of fused-ring (bicyclic) bond motifs is 8. The third-order valence-corrected chi connectivity index (χ3v) is 11.0. The number of rotatable bonds is 4. The van der Waals surface area contributed by atoms with Crippen LogP contribution in [0.25, 0.3) is 110 Å². The maximum absolute atomic E-state index is 6.82. The molecule has 1 aromatic heterocycles. The molecule has 246 valence electrons. The lowest BCUT2D eigenvalue weighted by atomic mass is 9.83. The van der Waals surface area contributed by atoms with E-state index in [4.69, 9.17) is 4.42 Å². The normalized spacial score (nSPS) is 11.8. The van der Waals surface area contributed by atoms with Crippen LogP contribution < -0.4 is 0 Å². The molecule has 0 atom stereocenters. The minimum atomic E-state index is 0.903. The fourth-order valence-corrected chi connectivity index (χ4v) is 8.84. The van der Waals surface area contributed by atoms with E-state index in [2.05, 4.69) is 194 Å². The molecule has 1 nitrogen and oxygen atoms in total. The van der Waals surface area contributed by atoms with Gasteiger partial charge in [-0.2, -0.15) is 0 Å². The zero-order valence-corrected chi connectivity index (χ0v) is 28.9. The van der Waals surface area contributed by atoms with E-state index in [1.165, 1.54) is 70.9 Å². The van der Waals surface area contributed by atoms with Gasteiger partial charge in [0.05, 0.1) is 0 Å². The van der Waals surface area contributed by atoms with Crippen molar-refractivity contribution >= 4 is 65.0 Å². The summed E-state index contributed by atoms with van der Waals surface area (Å²) < 4.78 is 6.82. The summed E-state index contributed by atoms with van der Waals surface area (Å²) in [5.41, 5.74) is 11.4. The standard InChI is InChI=1S/C52H32O/c1-2-17-34(18-3-1)49-48(41-25-8-11-28-44(41)51-45-29-12-13-31-46(45)53-52(49)51)36-21-14-20-35(32-36)47-39-23-6-9-26-42(39)50(43-27-10-7-24-40(43)47)38-30-15-19-33-16-4-5-22-37(33)38/h1-32H. The van der Waals surface area contributed by atoms with Crippen molar-refractivity contribution in [3.05, 3.63) is 194 Å². The van der Waals surface area contributed by atoms with Gasteiger partial charge in [-0.25, -0.2) is 0 Å². The van der Waals surface area contributed by atoms with Crippen molar-refractivity contribution in [3.63, 3.8) is 0 Å². The Labute approximate surface area is 307 Å². The summed E-state index contributed by atoms with van der Waals surface area (Å²) in [5.74, 6) is 0. The lowest BCUT2D eigenvalue weighted by Gasteiger charge is -2.20. The van der Waals surface area contributed by atoms with Crippen molar-refractivity contribution in [1.29, 1.82) is 0 Å². The SMILES string of the molecule is c1ccc(-c2c(-c3cccc(-c4c5ccccc5c(-c5cccc6ccccc56)c5ccccc45)c3)c3ccccc3c3c2oc2ccccc23)cc1. The molecule has 1 heteroatoms. The molecule has 0 aliphatic heterocycles. The van der Waals surface area contributed by atoms with Crippen LogP contribution in [-0.4, -0.2) is 0 Å². The monoisotopic (exact) mass is 672 g/mol. The second kappa shape index (κ2) is 11.8. The Morgan fingerprint density at radius 2 is 0.755 bits per heavy atom. The van der Waals surface area contributed by atoms with E-state index >= 15 is 0 Å². The van der Waals surface area contributed by atoms with E-state index in [0.29, 0.717) is 0 Å². The van der Waals surface area contributed by atoms with Crippen LogP contribution in [0.2, 0.25) is 0 Å². The molecule has 0 N–H and O–H groups in total. The van der Waals surface area contributed by atoms with E-state index < -0.39 is 0 Å². The fraction of sp³-hybridized carbons (Fsp3) is 0. The van der Waals surface area contributed by atoms with Crippen LogP contribution in [0.1, 0.15) is 0 Å². The van der Waals surface area contributed by atoms with Crippen molar-refractivity contribution in [2.24, 2.45) is 0 Å². The number of hydrogen-bond donors (Lipinski definition) is 0. The molecule has 0 aliphatic rings. The van der Waals surface area contributed by atoms with Gasteiger partial charge in [-0.3, -0.25) is 0 Å². The van der Waals surface area contributed by atoms with Gasteiger partial charge in [-0.15, -0.1) is 0 Å². The Balaban J connectivity index is 1.24. The molecule has 0 aliphatic carbocycles. The number of benzene rings is 10. The minimum Gasteiger partial charge on any atom is -0.455 e. The summed E-state index contributed by atoms with van der Waals surface area (Å²) >= 11 is 0. The van der Waals surface area contributed by atoms with E-state index in [-0.39, 0.29) is 0 Å².